The molecule has 7 nitrogen and oxygen atoms in total. The van der Waals surface area contributed by atoms with Crippen molar-refractivity contribution in [2.24, 2.45) is 0 Å². The van der Waals surface area contributed by atoms with Crippen molar-refractivity contribution in [3.8, 4) is 11.5 Å². The Morgan fingerprint density at radius 2 is 2.04 bits per heavy atom. The Morgan fingerprint density at radius 3 is 2.74 bits per heavy atom. The average Bonchev–Trinajstić information content (AvgIpc) is 3.29. The largest absolute Gasteiger partial charge is 0.418 e. The second-order valence-corrected chi connectivity index (χ2v) is 6.68. The number of nitrogen functional groups attached to an aromatic ring is 1. The van der Waals surface area contributed by atoms with Crippen molar-refractivity contribution in [3.63, 3.8) is 0 Å². The van der Waals surface area contributed by atoms with Crippen LogP contribution in [0.3, 0.4) is 0 Å². The van der Waals surface area contributed by atoms with Gasteiger partial charge in [0, 0.05) is 18.5 Å². The van der Waals surface area contributed by atoms with Crippen LogP contribution in [-0.4, -0.2) is 37.1 Å². The van der Waals surface area contributed by atoms with E-state index in [0.717, 1.165) is 6.07 Å². The summed E-state index contributed by atoms with van der Waals surface area (Å²) >= 11 is 1.43. The molecule has 0 aliphatic carbocycles. The van der Waals surface area contributed by atoms with Crippen molar-refractivity contribution >= 4 is 22.9 Å². The Labute approximate surface area is 155 Å². The van der Waals surface area contributed by atoms with E-state index >= 15 is 0 Å². The van der Waals surface area contributed by atoms with Crippen LogP contribution in [0.2, 0.25) is 0 Å². The molecule has 1 aliphatic heterocycles. The molecule has 0 fully saturated rings. The van der Waals surface area contributed by atoms with Crippen molar-refractivity contribution < 1.29 is 18.0 Å². The Hall–Kier alpha value is -2.95. The van der Waals surface area contributed by atoms with Crippen LogP contribution < -0.4 is 5.73 Å². The van der Waals surface area contributed by atoms with Crippen LogP contribution in [0.5, 0.6) is 0 Å². The van der Waals surface area contributed by atoms with Gasteiger partial charge in [0.15, 0.2) is 11.6 Å². The maximum Gasteiger partial charge on any atom is 0.418 e. The van der Waals surface area contributed by atoms with Gasteiger partial charge in [0.2, 0.25) is 0 Å². The summed E-state index contributed by atoms with van der Waals surface area (Å²) in [7, 11) is 0. The van der Waals surface area contributed by atoms with Gasteiger partial charge < -0.3 is 15.2 Å². The number of aromatic nitrogens is 4. The molecule has 0 saturated carbocycles. The van der Waals surface area contributed by atoms with Gasteiger partial charge in [0.05, 0.1) is 28.9 Å². The minimum atomic E-state index is -4.62. The van der Waals surface area contributed by atoms with Crippen LogP contribution in [0.1, 0.15) is 21.7 Å². The van der Waals surface area contributed by atoms with Gasteiger partial charge in [0.25, 0.3) is 5.91 Å². The predicted octanol–water partition coefficient (Wildman–Crippen LogP) is 2.66. The number of amides is 1. The second kappa shape index (κ2) is 6.34. The first-order valence-corrected chi connectivity index (χ1v) is 8.86. The highest BCUT2D eigenvalue weighted by atomic mass is 32.1. The number of para-hydroxylation sites is 1. The summed E-state index contributed by atoms with van der Waals surface area (Å²) in [6, 6.07) is 3.34. The molecule has 0 unspecified atom stereocenters. The van der Waals surface area contributed by atoms with Gasteiger partial charge in [-0.15, -0.1) is 21.5 Å². The Balaban J connectivity index is 1.61. The van der Waals surface area contributed by atoms with Crippen molar-refractivity contribution in [1.29, 1.82) is 0 Å². The van der Waals surface area contributed by atoms with Crippen LogP contribution in [-0.2, 0) is 19.3 Å². The normalized spacial score (nSPS) is 14.3. The van der Waals surface area contributed by atoms with E-state index in [0.29, 0.717) is 30.4 Å². The molecule has 140 valence electrons. The summed E-state index contributed by atoms with van der Waals surface area (Å²) < 4.78 is 41.0. The molecular formula is C16H13F3N6OS. The number of carbonyl (C=O) groups is 1. The Kier molecular flexibility index (Phi) is 4.10. The topological polar surface area (TPSA) is 89.9 Å². The number of hydrogen-bond donors (Lipinski definition) is 1. The summed E-state index contributed by atoms with van der Waals surface area (Å²) in [5, 5.41) is 10.1. The molecule has 0 spiro atoms. The molecule has 1 amide bonds. The fourth-order valence-corrected chi connectivity index (χ4v) is 3.54. The van der Waals surface area contributed by atoms with Crippen LogP contribution in [0.15, 0.2) is 29.1 Å². The molecule has 2 aromatic heterocycles. The number of nitrogens with two attached hydrogens (primary N) is 1. The van der Waals surface area contributed by atoms with Crippen LogP contribution in [0, 0.1) is 0 Å². The molecule has 4 rings (SSSR count). The molecule has 0 atom stereocenters. The zero-order chi connectivity index (χ0) is 19.2. The lowest BCUT2D eigenvalue weighted by Crippen LogP contribution is -2.39. The molecule has 2 N–H and O–H groups in total. The predicted molar refractivity (Wildman–Crippen MR) is 91.7 cm³/mol. The van der Waals surface area contributed by atoms with E-state index in [-0.39, 0.29) is 12.1 Å². The summed E-state index contributed by atoms with van der Waals surface area (Å²) in [5.41, 5.74) is 6.27. The van der Waals surface area contributed by atoms with E-state index in [1.54, 1.807) is 5.51 Å². The first kappa shape index (κ1) is 17.5. The molecule has 3 heterocycles. The lowest BCUT2D eigenvalue weighted by atomic mass is 10.1. The number of hydrogen-bond acceptors (Lipinski definition) is 6. The molecule has 3 aromatic rings. The van der Waals surface area contributed by atoms with Crippen LogP contribution in [0.25, 0.3) is 11.5 Å². The van der Waals surface area contributed by atoms with E-state index in [1.807, 2.05) is 9.95 Å². The third-order valence-electron chi connectivity index (χ3n) is 4.34. The van der Waals surface area contributed by atoms with Gasteiger partial charge in [-0.3, -0.25) is 4.79 Å². The number of halogens is 3. The molecule has 1 aromatic carbocycles. The van der Waals surface area contributed by atoms with Crippen molar-refractivity contribution in [1.82, 2.24) is 24.6 Å². The van der Waals surface area contributed by atoms with Crippen molar-refractivity contribution in [2.45, 2.75) is 19.3 Å². The number of fused-ring (bicyclic) bond motifs is 1. The van der Waals surface area contributed by atoms with Crippen molar-refractivity contribution in [2.75, 3.05) is 12.3 Å². The highest BCUT2D eigenvalue weighted by Gasteiger charge is 2.35. The number of carbonyl (C=O) groups excluding carboxylic acids is 1. The second-order valence-electron chi connectivity index (χ2n) is 5.96. The maximum absolute atomic E-state index is 13.0. The first-order chi connectivity index (χ1) is 12.9. The average molecular weight is 394 g/mol. The highest BCUT2D eigenvalue weighted by Crippen LogP contribution is 2.35. The number of benzene rings is 1. The van der Waals surface area contributed by atoms with E-state index < -0.39 is 23.3 Å². The number of alkyl halides is 3. The molecular weight excluding hydrogens is 381 g/mol. The molecule has 27 heavy (non-hydrogen) atoms. The molecule has 0 bridgehead atoms. The standard InChI is InChI=1S/C16H13F3N6OS/c17-16(18,19)10-3-1-2-9(13(10)20)15(26)24-4-5-25-12(6-24)22-23-14(25)11-7-27-8-21-11/h1-3,7-8H,4-6,20H2. The lowest BCUT2D eigenvalue weighted by molar-refractivity contribution is -0.136. The fourth-order valence-electron chi connectivity index (χ4n) is 3.01. The maximum atomic E-state index is 13.0. The van der Waals surface area contributed by atoms with E-state index in [4.69, 9.17) is 5.73 Å². The number of rotatable bonds is 2. The van der Waals surface area contributed by atoms with Gasteiger partial charge in [-0.2, -0.15) is 13.2 Å². The Bertz CT molecular complexity index is 998. The monoisotopic (exact) mass is 394 g/mol. The summed E-state index contributed by atoms with van der Waals surface area (Å²) in [6.45, 7) is 0.849. The molecule has 11 heteroatoms. The number of thiazole rings is 1. The van der Waals surface area contributed by atoms with Gasteiger partial charge in [0.1, 0.15) is 5.69 Å². The molecule has 0 saturated heterocycles. The highest BCUT2D eigenvalue weighted by molar-refractivity contribution is 7.07. The van der Waals surface area contributed by atoms with Crippen molar-refractivity contribution in [3.05, 3.63) is 46.0 Å². The number of nitrogens with zero attached hydrogens (tertiary/aromatic N) is 5. The third kappa shape index (κ3) is 3.03. The molecule has 0 radical (unpaired) electrons. The van der Waals surface area contributed by atoms with Crippen LogP contribution >= 0.6 is 11.3 Å². The van der Waals surface area contributed by atoms with E-state index in [2.05, 4.69) is 15.2 Å². The van der Waals surface area contributed by atoms with Gasteiger partial charge >= 0.3 is 6.18 Å². The number of anilines is 1. The summed E-state index contributed by atoms with van der Waals surface area (Å²) in [4.78, 5) is 18.4. The smallest absolute Gasteiger partial charge is 0.398 e. The quantitative estimate of drug-likeness (QED) is 0.675. The lowest BCUT2D eigenvalue weighted by Gasteiger charge is -2.28. The van der Waals surface area contributed by atoms with E-state index in [1.165, 1.54) is 28.4 Å². The molecule has 1 aliphatic rings. The Morgan fingerprint density at radius 1 is 1.22 bits per heavy atom. The van der Waals surface area contributed by atoms with Crippen LogP contribution in [0.4, 0.5) is 18.9 Å². The van der Waals surface area contributed by atoms with Gasteiger partial charge in [-0.1, -0.05) is 6.07 Å². The van der Waals surface area contributed by atoms with Gasteiger partial charge in [-0.25, -0.2) is 4.98 Å². The first-order valence-electron chi connectivity index (χ1n) is 7.92. The zero-order valence-electron chi connectivity index (χ0n) is 13.8. The SMILES string of the molecule is Nc1c(C(=O)N2CCn3c(nnc3-c3cscn3)C2)cccc1C(F)(F)F. The minimum absolute atomic E-state index is 0.131. The zero-order valence-corrected chi connectivity index (χ0v) is 14.6. The van der Waals surface area contributed by atoms with E-state index in [9.17, 15) is 18.0 Å². The fraction of sp³-hybridized carbons (Fsp3) is 0.250. The summed E-state index contributed by atoms with van der Waals surface area (Å²) in [5.74, 6) is 0.586. The minimum Gasteiger partial charge on any atom is -0.398 e. The summed E-state index contributed by atoms with van der Waals surface area (Å²) in [6.07, 6.45) is -4.62. The third-order valence-corrected chi connectivity index (χ3v) is 4.93. The van der Waals surface area contributed by atoms with Gasteiger partial charge in [-0.05, 0) is 12.1 Å².